The lowest BCUT2D eigenvalue weighted by Gasteiger charge is -2.27. The summed E-state index contributed by atoms with van der Waals surface area (Å²) >= 11 is 5.85. The van der Waals surface area contributed by atoms with Gasteiger partial charge in [-0.2, -0.15) is 0 Å². The maximum absolute atomic E-state index is 5.85. The van der Waals surface area contributed by atoms with E-state index in [0.29, 0.717) is 5.28 Å². The molecule has 0 bridgehead atoms. The Labute approximate surface area is 103 Å². The van der Waals surface area contributed by atoms with Crippen LogP contribution in [0, 0.1) is 0 Å². The summed E-state index contributed by atoms with van der Waals surface area (Å²) in [7, 11) is 0. The smallest absolute Gasteiger partial charge is 0.222 e. The Hall–Kier alpha value is -0.630. The molecule has 3 heteroatoms. The molecule has 0 saturated heterocycles. The summed E-state index contributed by atoms with van der Waals surface area (Å²) in [6.45, 7) is 6.70. The highest BCUT2D eigenvalue weighted by molar-refractivity contribution is 6.28. The largest absolute Gasteiger partial charge is 0.227 e. The van der Waals surface area contributed by atoms with E-state index in [1.54, 1.807) is 6.20 Å². The molecule has 1 aromatic heterocycles. The molecule has 0 radical (unpaired) electrons. The first-order valence-corrected chi connectivity index (χ1v) is 6.49. The van der Waals surface area contributed by atoms with E-state index in [1.165, 1.54) is 25.7 Å². The van der Waals surface area contributed by atoms with E-state index in [2.05, 4.69) is 30.7 Å². The quantitative estimate of drug-likeness (QED) is 0.545. The van der Waals surface area contributed by atoms with E-state index in [-0.39, 0.29) is 5.41 Å². The maximum Gasteiger partial charge on any atom is 0.222 e. The van der Waals surface area contributed by atoms with Gasteiger partial charge < -0.3 is 0 Å². The minimum absolute atomic E-state index is 0.141. The van der Waals surface area contributed by atoms with E-state index >= 15 is 0 Å². The van der Waals surface area contributed by atoms with Gasteiger partial charge in [0.25, 0.3) is 0 Å². The Morgan fingerprint density at radius 1 is 1.31 bits per heavy atom. The molecule has 1 heterocycles. The standard InChI is InChI=1S/C13H21ClN2/c1-4-6-7-9-13(3,5-2)11-8-10-15-12(14)16-11/h8,10H,4-7,9H2,1-3H3. The molecule has 0 aliphatic carbocycles. The summed E-state index contributed by atoms with van der Waals surface area (Å²) in [5.74, 6) is 0. The van der Waals surface area contributed by atoms with Gasteiger partial charge in [0, 0.05) is 11.6 Å². The molecule has 0 aromatic carbocycles. The third-order valence-corrected chi connectivity index (χ3v) is 3.54. The Kier molecular flexibility index (Phi) is 5.20. The Morgan fingerprint density at radius 2 is 2.06 bits per heavy atom. The number of rotatable bonds is 6. The predicted molar refractivity (Wildman–Crippen MR) is 68.8 cm³/mol. The number of hydrogen-bond donors (Lipinski definition) is 0. The van der Waals surface area contributed by atoms with E-state index in [9.17, 15) is 0 Å². The number of aromatic nitrogens is 2. The van der Waals surface area contributed by atoms with Crippen molar-refractivity contribution in [2.45, 2.75) is 58.3 Å². The Bertz CT molecular complexity index is 327. The fourth-order valence-corrected chi connectivity index (χ4v) is 2.07. The van der Waals surface area contributed by atoms with Gasteiger partial charge >= 0.3 is 0 Å². The van der Waals surface area contributed by atoms with Gasteiger partial charge in [0.15, 0.2) is 0 Å². The maximum atomic E-state index is 5.85. The summed E-state index contributed by atoms with van der Waals surface area (Å²) in [5.41, 5.74) is 1.22. The molecule has 90 valence electrons. The van der Waals surface area contributed by atoms with Gasteiger partial charge in [-0.05, 0) is 30.5 Å². The minimum atomic E-state index is 0.141. The first kappa shape index (κ1) is 13.4. The molecule has 1 atom stereocenters. The van der Waals surface area contributed by atoms with Gasteiger partial charge in [-0.15, -0.1) is 0 Å². The van der Waals surface area contributed by atoms with E-state index in [4.69, 9.17) is 11.6 Å². The molecule has 0 spiro atoms. The van der Waals surface area contributed by atoms with Crippen LogP contribution in [-0.4, -0.2) is 9.97 Å². The van der Waals surface area contributed by atoms with Crippen molar-refractivity contribution in [3.63, 3.8) is 0 Å². The fourth-order valence-electron chi connectivity index (χ4n) is 1.92. The molecule has 0 N–H and O–H groups in total. The molecule has 0 amide bonds. The molecule has 0 fully saturated rings. The van der Waals surface area contributed by atoms with Gasteiger partial charge in [-0.1, -0.05) is 40.0 Å². The average Bonchev–Trinajstić information content (AvgIpc) is 2.29. The zero-order valence-corrected chi connectivity index (χ0v) is 11.2. The third-order valence-electron chi connectivity index (χ3n) is 3.36. The normalized spacial score (nSPS) is 14.8. The van der Waals surface area contributed by atoms with Crippen molar-refractivity contribution in [2.24, 2.45) is 0 Å². The van der Waals surface area contributed by atoms with Crippen LogP contribution in [0.25, 0.3) is 0 Å². The van der Waals surface area contributed by atoms with Crippen molar-refractivity contribution in [3.05, 3.63) is 23.2 Å². The van der Waals surface area contributed by atoms with Crippen molar-refractivity contribution < 1.29 is 0 Å². The van der Waals surface area contributed by atoms with E-state index in [0.717, 1.165) is 12.1 Å². The number of nitrogens with zero attached hydrogens (tertiary/aromatic N) is 2. The molecular weight excluding hydrogens is 220 g/mol. The van der Waals surface area contributed by atoms with Gasteiger partial charge in [0.1, 0.15) is 0 Å². The Morgan fingerprint density at radius 3 is 2.62 bits per heavy atom. The van der Waals surface area contributed by atoms with Crippen LogP contribution in [0.5, 0.6) is 0 Å². The van der Waals surface area contributed by atoms with Crippen LogP contribution in [0.15, 0.2) is 12.3 Å². The fraction of sp³-hybridized carbons (Fsp3) is 0.692. The highest BCUT2D eigenvalue weighted by Gasteiger charge is 2.25. The molecule has 1 rings (SSSR count). The van der Waals surface area contributed by atoms with Crippen LogP contribution in [-0.2, 0) is 5.41 Å². The molecule has 16 heavy (non-hydrogen) atoms. The van der Waals surface area contributed by atoms with Crippen molar-refractivity contribution in [3.8, 4) is 0 Å². The predicted octanol–water partition coefficient (Wildman–Crippen LogP) is 4.38. The second kappa shape index (κ2) is 6.19. The van der Waals surface area contributed by atoms with Gasteiger partial charge in [0.05, 0.1) is 5.69 Å². The summed E-state index contributed by atoms with van der Waals surface area (Å²) in [5, 5.41) is 0.354. The van der Waals surface area contributed by atoms with Crippen LogP contribution >= 0.6 is 11.6 Å². The average molecular weight is 241 g/mol. The van der Waals surface area contributed by atoms with Gasteiger partial charge in [-0.25, -0.2) is 9.97 Å². The highest BCUT2D eigenvalue weighted by atomic mass is 35.5. The molecule has 0 aliphatic heterocycles. The van der Waals surface area contributed by atoms with Crippen LogP contribution in [0.1, 0.15) is 58.6 Å². The third kappa shape index (κ3) is 3.44. The van der Waals surface area contributed by atoms with Gasteiger partial charge in [0.2, 0.25) is 5.28 Å². The SMILES string of the molecule is CCCCCC(C)(CC)c1ccnc(Cl)n1. The zero-order chi connectivity index (χ0) is 12.0. The Balaban J connectivity index is 2.78. The second-order valence-corrected chi connectivity index (χ2v) is 4.92. The number of halogens is 1. The van der Waals surface area contributed by atoms with Crippen LogP contribution in [0.4, 0.5) is 0 Å². The van der Waals surface area contributed by atoms with Crippen molar-refractivity contribution >= 4 is 11.6 Å². The second-order valence-electron chi connectivity index (χ2n) is 4.58. The lowest BCUT2D eigenvalue weighted by molar-refractivity contribution is 0.387. The van der Waals surface area contributed by atoms with Crippen LogP contribution in [0.2, 0.25) is 5.28 Å². The number of hydrogen-bond acceptors (Lipinski definition) is 2. The van der Waals surface area contributed by atoms with Gasteiger partial charge in [-0.3, -0.25) is 0 Å². The molecule has 1 unspecified atom stereocenters. The topological polar surface area (TPSA) is 25.8 Å². The zero-order valence-electron chi connectivity index (χ0n) is 10.5. The monoisotopic (exact) mass is 240 g/mol. The highest BCUT2D eigenvalue weighted by Crippen LogP contribution is 2.32. The first-order valence-electron chi connectivity index (χ1n) is 6.11. The lowest BCUT2D eigenvalue weighted by Crippen LogP contribution is -2.22. The summed E-state index contributed by atoms with van der Waals surface area (Å²) in [4.78, 5) is 8.29. The molecule has 0 saturated carbocycles. The van der Waals surface area contributed by atoms with E-state index in [1.807, 2.05) is 6.07 Å². The molecule has 1 aromatic rings. The van der Waals surface area contributed by atoms with Crippen molar-refractivity contribution in [1.29, 1.82) is 0 Å². The van der Waals surface area contributed by atoms with Crippen molar-refractivity contribution in [2.75, 3.05) is 0 Å². The van der Waals surface area contributed by atoms with Crippen molar-refractivity contribution in [1.82, 2.24) is 9.97 Å². The first-order chi connectivity index (χ1) is 7.62. The van der Waals surface area contributed by atoms with Crippen LogP contribution in [0.3, 0.4) is 0 Å². The number of unbranched alkanes of at least 4 members (excludes halogenated alkanes) is 2. The van der Waals surface area contributed by atoms with Crippen LogP contribution < -0.4 is 0 Å². The van der Waals surface area contributed by atoms with E-state index < -0.39 is 0 Å². The summed E-state index contributed by atoms with van der Waals surface area (Å²) in [6.07, 6.45) is 7.80. The minimum Gasteiger partial charge on any atom is -0.227 e. The molecule has 2 nitrogen and oxygen atoms in total. The molecule has 0 aliphatic rings. The summed E-state index contributed by atoms with van der Waals surface area (Å²) < 4.78 is 0. The summed E-state index contributed by atoms with van der Waals surface area (Å²) in [6, 6.07) is 1.99. The molecular formula is C13H21ClN2. The lowest BCUT2D eigenvalue weighted by atomic mass is 9.79.